The number of carbonyl (C=O) groups excluding carboxylic acids is 1. The van der Waals surface area contributed by atoms with Gasteiger partial charge in [-0.25, -0.2) is 0 Å². The molecule has 0 bridgehead atoms. The number of carboxylic acids is 1. The number of hydrogen-bond acceptors (Lipinski definition) is 3. The van der Waals surface area contributed by atoms with Gasteiger partial charge in [0.15, 0.2) is 0 Å². The number of carbonyl (C=O) groups is 2. The van der Waals surface area contributed by atoms with Crippen LogP contribution in [0.3, 0.4) is 0 Å². The quantitative estimate of drug-likeness (QED) is 0.737. The van der Waals surface area contributed by atoms with Crippen LogP contribution >= 0.6 is 0 Å². The molecular formula is C13H22N2O3. The molecule has 0 aromatic heterocycles. The maximum absolute atomic E-state index is 12.0. The number of carboxylic acid groups (broad SMARTS) is 1. The third-order valence-electron chi connectivity index (χ3n) is 3.78. The van der Waals surface area contributed by atoms with Crippen molar-refractivity contribution in [1.29, 1.82) is 0 Å². The molecule has 2 aliphatic rings. The summed E-state index contributed by atoms with van der Waals surface area (Å²) in [6, 6.07) is 0.193. The highest BCUT2D eigenvalue weighted by Crippen LogP contribution is 2.28. The molecule has 2 fully saturated rings. The summed E-state index contributed by atoms with van der Waals surface area (Å²) in [5, 5.41) is 12.2. The van der Waals surface area contributed by atoms with Crippen LogP contribution in [0.4, 0.5) is 0 Å². The van der Waals surface area contributed by atoms with E-state index in [9.17, 15) is 9.59 Å². The van der Waals surface area contributed by atoms with Crippen LogP contribution in [0.5, 0.6) is 0 Å². The molecule has 2 rings (SSSR count). The van der Waals surface area contributed by atoms with E-state index in [0.717, 1.165) is 32.4 Å². The molecule has 0 aromatic carbocycles. The molecule has 1 aliphatic carbocycles. The van der Waals surface area contributed by atoms with Crippen molar-refractivity contribution in [2.75, 3.05) is 19.6 Å². The van der Waals surface area contributed by atoms with Gasteiger partial charge in [0.25, 0.3) is 0 Å². The van der Waals surface area contributed by atoms with Crippen LogP contribution in [0.1, 0.15) is 38.5 Å². The minimum absolute atomic E-state index is 0.0190. The topological polar surface area (TPSA) is 69.6 Å². The van der Waals surface area contributed by atoms with Crippen LogP contribution in [-0.2, 0) is 9.59 Å². The Bertz CT molecular complexity index is 309. The van der Waals surface area contributed by atoms with Crippen molar-refractivity contribution >= 4 is 11.9 Å². The fraction of sp³-hybridized carbons (Fsp3) is 0.846. The lowest BCUT2D eigenvalue weighted by Crippen LogP contribution is -2.38. The van der Waals surface area contributed by atoms with E-state index < -0.39 is 5.97 Å². The van der Waals surface area contributed by atoms with Crippen LogP contribution in [-0.4, -0.2) is 47.6 Å². The molecule has 1 aliphatic heterocycles. The Morgan fingerprint density at radius 2 is 2.06 bits per heavy atom. The molecule has 1 heterocycles. The van der Waals surface area contributed by atoms with Gasteiger partial charge in [0, 0.05) is 12.5 Å². The van der Waals surface area contributed by atoms with Crippen LogP contribution in [0.2, 0.25) is 0 Å². The smallest absolute Gasteiger partial charge is 0.323 e. The van der Waals surface area contributed by atoms with Gasteiger partial charge in [0.05, 0.1) is 0 Å². The fourth-order valence-electron chi connectivity index (χ4n) is 2.59. The number of amides is 1. The Hall–Kier alpha value is -1.10. The first kappa shape index (κ1) is 13.3. The lowest BCUT2D eigenvalue weighted by Gasteiger charge is -2.24. The van der Waals surface area contributed by atoms with E-state index in [-0.39, 0.29) is 18.5 Å². The van der Waals surface area contributed by atoms with E-state index in [2.05, 4.69) is 5.32 Å². The highest BCUT2D eigenvalue weighted by Gasteiger charge is 2.33. The second-order valence-electron chi connectivity index (χ2n) is 5.40. The Kier molecular flexibility index (Phi) is 4.58. The summed E-state index contributed by atoms with van der Waals surface area (Å²) in [6.07, 6.45) is 5.67. The largest absolute Gasteiger partial charge is 0.480 e. The summed E-state index contributed by atoms with van der Waals surface area (Å²) in [5.74, 6) is -0.311. The second kappa shape index (κ2) is 6.18. The molecule has 1 saturated heterocycles. The molecule has 0 spiro atoms. The predicted octanol–water partition coefficient (Wildman–Crippen LogP) is 0.842. The van der Waals surface area contributed by atoms with Gasteiger partial charge in [-0.2, -0.15) is 0 Å². The van der Waals surface area contributed by atoms with Gasteiger partial charge in [0.1, 0.15) is 6.54 Å². The Morgan fingerprint density at radius 3 is 2.61 bits per heavy atom. The van der Waals surface area contributed by atoms with E-state index in [1.165, 1.54) is 12.8 Å². The molecule has 18 heavy (non-hydrogen) atoms. The lowest BCUT2D eigenvalue weighted by molar-refractivity contribution is -0.145. The van der Waals surface area contributed by atoms with E-state index in [1.807, 2.05) is 0 Å². The van der Waals surface area contributed by atoms with Gasteiger partial charge in [-0.3, -0.25) is 9.59 Å². The zero-order chi connectivity index (χ0) is 13.0. The van der Waals surface area contributed by atoms with Gasteiger partial charge in [-0.15, -0.1) is 0 Å². The highest BCUT2D eigenvalue weighted by atomic mass is 16.4. The summed E-state index contributed by atoms with van der Waals surface area (Å²) in [5.41, 5.74) is 0. The molecule has 2 N–H and O–H groups in total. The first-order valence-corrected chi connectivity index (χ1v) is 6.89. The summed E-state index contributed by atoms with van der Waals surface area (Å²) in [7, 11) is 0. The number of nitrogens with zero attached hydrogens (tertiary/aromatic N) is 1. The van der Waals surface area contributed by atoms with E-state index in [0.29, 0.717) is 12.3 Å². The van der Waals surface area contributed by atoms with E-state index >= 15 is 0 Å². The van der Waals surface area contributed by atoms with Gasteiger partial charge in [0.2, 0.25) is 5.91 Å². The van der Waals surface area contributed by atoms with Crippen molar-refractivity contribution < 1.29 is 14.7 Å². The first-order valence-electron chi connectivity index (χ1n) is 6.89. The second-order valence-corrected chi connectivity index (χ2v) is 5.40. The number of rotatable bonds is 6. The molecule has 1 amide bonds. The molecule has 0 radical (unpaired) electrons. The highest BCUT2D eigenvalue weighted by molar-refractivity contribution is 5.81. The summed E-state index contributed by atoms with van der Waals surface area (Å²) in [6.45, 7) is 1.94. The summed E-state index contributed by atoms with van der Waals surface area (Å²) >= 11 is 0. The number of nitrogens with one attached hydrogen (secondary N) is 1. The third kappa shape index (κ3) is 3.98. The third-order valence-corrected chi connectivity index (χ3v) is 3.78. The van der Waals surface area contributed by atoms with Gasteiger partial charge >= 0.3 is 5.97 Å². The molecule has 1 unspecified atom stereocenters. The predicted molar refractivity (Wildman–Crippen MR) is 67.2 cm³/mol. The van der Waals surface area contributed by atoms with Crippen LogP contribution in [0, 0.1) is 5.92 Å². The van der Waals surface area contributed by atoms with Crippen molar-refractivity contribution in [2.24, 2.45) is 5.92 Å². The minimum Gasteiger partial charge on any atom is -0.480 e. The van der Waals surface area contributed by atoms with Gasteiger partial charge in [-0.1, -0.05) is 0 Å². The lowest BCUT2D eigenvalue weighted by atomic mass is 9.94. The number of hydrogen-bond donors (Lipinski definition) is 2. The van der Waals surface area contributed by atoms with E-state index in [1.54, 1.807) is 4.90 Å². The molecule has 102 valence electrons. The van der Waals surface area contributed by atoms with Gasteiger partial charge < -0.3 is 15.3 Å². The zero-order valence-electron chi connectivity index (χ0n) is 10.7. The molecular weight excluding hydrogens is 232 g/mol. The van der Waals surface area contributed by atoms with Crippen molar-refractivity contribution in [3.63, 3.8) is 0 Å². The van der Waals surface area contributed by atoms with Crippen molar-refractivity contribution in [3.8, 4) is 0 Å². The van der Waals surface area contributed by atoms with Crippen LogP contribution < -0.4 is 5.32 Å². The maximum Gasteiger partial charge on any atom is 0.323 e. The molecule has 5 nitrogen and oxygen atoms in total. The summed E-state index contributed by atoms with van der Waals surface area (Å²) < 4.78 is 0. The average Bonchev–Trinajstić information content (AvgIpc) is 3.18. The van der Waals surface area contributed by atoms with Crippen molar-refractivity contribution in [2.45, 2.75) is 44.6 Å². The molecule has 1 saturated carbocycles. The minimum atomic E-state index is -0.908. The maximum atomic E-state index is 12.0. The molecule has 1 atom stereocenters. The SMILES string of the molecule is O=C(O)CN(C(=O)CCC1CCCNC1)C1CC1. The molecule has 0 aromatic rings. The monoisotopic (exact) mass is 254 g/mol. The number of piperidine rings is 1. The first-order chi connectivity index (χ1) is 8.66. The molecule has 5 heteroatoms. The normalized spacial score (nSPS) is 23.7. The Balaban J connectivity index is 1.75. The van der Waals surface area contributed by atoms with Crippen molar-refractivity contribution in [1.82, 2.24) is 10.2 Å². The zero-order valence-corrected chi connectivity index (χ0v) is 10.7. The van der Waals surface area contributed by atoms with Gasteiger partial charge in [-0.05, 0) is 51.1 Å². The fourth-order valence-corrected chi connectivity index (χ4v) is 2.59. The summed E-state index contributed by atoms with van der Waals surface area (Å²) in [4.78, 5) is 24.3. The van der Waals surface area contributed by atoms with Crippen LogP contribution in [0.15, 0.2) is 0 Å². The van der Waals surface area contributed by atoms with Crippen LogP contribution in [0.25, 0.3) is 0 Å². The van der Waals surface area contributed by atoms with E-state index in [4.69, 9.17) is 5.11 Å². The average molecular weight is 254 g/mol. The number of aliphatic carboxylic acids is 1. The Labute approximate surface area is 108 Å². The Morgan fingerprint density at radius 1 is 1.28 bits per heavy atom. The standard InChI is InChI=1S/C13H22N2O3/c16-12(6-3-10-2-1-7-14-8-10)15(9-13(17)18)11-4-5-11/h10-11,14H,1-9H2,(H,17,18). The van der Waals surface area contributed by atoms with Crippen molar-refractivity contribution in [3.05, 3.63) is 0 Å².